The normalized spacial score (nSPS) is 15.5. The van der Waals surface area contributed by atoms with Crippen LogP contribution in [0.2, 0.25) is 0 Å². The molecule has 1 atom stereocenters. The summed E-state index contributed by atoms with van der Waals surface area (Å²) in [5, 5.41) is 2.77. The number of aromatic nitrogens is 3. The number of nitrogens with one attached hydrogen (secondary N) is 2. The van der Waals surface area contributed by atoms with Gasteiger partial charge in [0, 0.05) is 23.9 Å². The van der Waals surface area contributed by atoms with Gasteiger partial charge in [-0.15, -0.1) is 0 Å². The Kier molecular flexibility index (Phi) is 8.32. The van der Waals surface area contributed by atoms with Crippen LogP contribution in [0, 0.1) is 6.92 Å². The Labute approximate surface area is 228 Å². The minimum absolute atomic E-state index is 0.197. The molecule has 1 saturated heterocycles. The van der Waals surface area contributed by atoms with Gasteiger partial charge in [0.2, 0.25) is 0 Å². The van der Waals surface area contributed by atoms with Gasteiger partial charge < -0.3 is 19.8 Å². The molecule has 2 aromatic heterocycles. The van der Waals surface area contributed by atoms with Crippen molar-refractivity contribution in [1.82, 2.24) is 19.9 Å². The Morgan fingerprint density at radius 2 is 1.85 bits per heavy atom. The van der Waals surface area contributed by atoms with Gasteiger partial charge in [0.05, 0.1) is 12.6 Å². The zero-order valence-electron chi connectivity index (χ0n) is 23.0. The van der Waals surface area contributed by atoms with E-state index in [9.17, 15) is 14.4 Å². The van der Waals surface area contributed by atoms with Crippen LogP contribution in [0.3, 0.4) is 0 Å². The van der Waals surface area contributed by atoms with E-state index >= 15 is 0 Å². The van der Waals surface area contributed by atoms with Gasteiger partial charge in [0.15, 0.2) is 5.69 Å². The van der Waals surface area contributed by atoms with Crippen molar-refractivity contribution in [3.63, 3.8) is 0 Å². The number of H-pyrrole nitrogens is 1. The van der Waals surface area contributed by atoms with Crippen LogP contribution in [0.1, 0.15) is 85.2 Å². The molecule has 1 aliphatic rings. The maximum absolute atomic E-state index is 13.0. The first-order valence-electron chi connectivity index (χ1n) is 13.2. The van der Waals surface area contributed by atoms with E-state index in [1.807, 2.05) is 33.8 Å². The second-order valence-corrected chi connectivity index (χ2v) is 10.5. The van der Waals surface area contributed by atoms with Crippen molar-refractivity contribution in [1.29, 1.82) is 0 Å². The van der Waals surface area contributed by atoms with Crippen molar-refractivity contribution in [3.8, 4) is 11.3 Å². The highest BCUT2D eigenvalue weighted by molar-refractivity contribution is 6.04. The number of ether oxygens (including phenoxy) is 2. The number of benzene rings is 1. The van der Waals surface area contributed by atoms with Crippen LogP contribution < -0.4 is 5.32 Å². The molecule has 3 aromatic rings. The average Bonchev–Trinajstić information content (AvgIpc) is 3.35. The van der Waals surface area contributed by atoms with Gasteiger partial charge in [0.1, 0.15) is 22.9 Å². The molecule has 1 aliphatic heterocycles. The fraction of sp³-hybridized carbons (Fsp3) is 0.414. The molecule has 10 heteroatoms. The summed E-state index contributed by atoms with van der Waals surface area (Å²) >= 11 is 0. The standard InChI is InChI=1S/C29H35N5O5/c1-6-38-27(36)24-23(19-11-13-20(14-12-19)26(35)31-22-15-10-18(2)17-30-22)32-25(33-24)21-9-7-8-16-34(21)28(37)39-29(3,4)5/h10-15,17,21H,6-9,16H2,1-5H3,(H,32,33)(H,30,31,35)/t21-/m0/s1. The molecular weight excluding hydrogens is 498 g/mol. The predicted molar refractivity (Wildman–Crippen MR) is 146 cm³/mol. The monoisotopic (exact) mass is 533 g/mol. The SMILES string of the molecule is CCOC(=O)c1[nH]c([C@@H]2CCCCN2C(=O)OC(C)(C)C)nc1-c1ccc(C(=O)Nc2ccc(C)cn2)cc1. The zero-order chi connectivity index (χ0) is 28.2. The number of carbonyl (C=O) groups excluding carboxylic acids is 3. The third kappa shape index (κ3) is 6.81. The van der Waals surface area contributed by atoms with Crippen LogP contribution in [-0.4, -0.2) is 56.6 Å². The van der Waals surface area contributed by atoms with Gasteiger partial charge in [-0.05, 0) is 77.6 Å². The molecule has 10 nitrogen and oxygen atoms in total. The molecule has 3 heterocycles. The van der Waals surface area contributed by atoms with Crippen molar-refractivity contribution in [2.75, 3.05) is 18.5 Å². The summed E-state index contributed by atoms with van der Waals surface area (Å²) in [6.07, 6.45) is 3.72. The van der Waals surface area contributed by atoms with E-state index in [4.69, 9.17) is 14.5 Å². The lowest BCUT2D eigenvalue weighted by Gasteiger charge is -2.35. The number of esters is 1. The lowest BCUT2D eigenvalue weighted by molar-refractivity contribution is 0.00853. The van der Waals surface area contributed by atoms with Crippen LogP contribution in [0.5, 0.6) is 0 Å². The number of anilines is 1. The number of aryl methyl sites for hydroxylation is 1. The van der Waals surface area contributed by atoms with E-state index in [1.165, 1.54) is 0 Å². The molecule has 0 radical (unpaired) electrons. The summed E-state index contributed by atoms with van der Waals surface area (Å²) in [4.78, 5) is 52.3. The topological polar surface area (TPSA) is 127 Å². The molecule has 4 rings (SSSR count). The molecule has 2 amide bonds. The highest BCUT2D eigenvalue weighted by atomic mass is 16.6. The van der Waals surface area contributed by atoms with E-state index in [0.29, 0.717) is 41.4 Å². The Morgan fingerprint density at radius 1 is 1.10 bits per heavy atom. The Balaban J connectivity index is 1.62. The third-order valence-electron chi connectivity index (χ3n) is 6.22. The summed E-state index contributed by atoms with van der Waals surface area (Å²) in [6.45, 7) is 9.87. The Morgan fingerprint density at radius 3 is 2.49 bits per heavy atom. The number of aromatic amines is 1. The molecular formula is C29H35N5O5. The molecule has 39 heavy (non-hydrogen) atoms. The lowest BCUT2D eigenvalue weighted by atomic mass is 10.0. The minimum atomic E-state index is -0.632. The number of pyridine rings is 1. The smallest absolute Gasteiger partial charge is 0.410 e. The first-order chi connectivity index (χ1) is 18.6. The molecule has 0 saturated carbocycles. The van der Waals surface area contributed by atoms with Crippen molar-refractivity contribution >= 4 is 23.8 Å². The number of hydrogen-bond donors (Lipinski definition) is 2. The van der Waals surface area contributed by atoms with Crippen LogP contribution in [0.15, 0.2) is 42.6 Å². The second kappa shape index (κ2) is 11.7. The maximum atomic E-state index is 13.0. The zero-order valence-corrected chi connectivity index (χ0v) is 23.0. The lowest BCUT2D eigenvalue weighted by Crippen LogP contribution is -2.42. The van der Waals surface area contributed by atoms with Gasteiger partial charge in [-0.3, -0.25) is 9.69 Å². The molecule has 1 fully saturated rings. The number of rotatable bonds is 6. The summed E-state index contributed by atoms with van der Waals surface area (Å²) in [5.74, 6) is 0.101. The highest BCUT2D eigenvalue weighted by Crippen LogP contribution is 2.33. The van der Waals surface area contributed by atoms with Crippen molar-refractivity contribution in [2.45, 2.75) is 65.5 Å². The van der Waals surface area contributed by atoms with Gasteiger partial charge in [0.25, 0.3) is 5.91 Å². The van der Waals surface area contributed by atoms with Crippen LogP contribution in [0.25, 0.3) is 11.3 Å². The number of piperidine rings is 1. The van der Waals surface area contributed by atoms with Crippen LogP contribution >= 0.6 is 0 Å². The van der Waals surface area contributed by atoms with E-state index in [-0.39, 0.29) is 24.2 Å². The number of imidazole rings is 1. The molecule has 0 bridgehead atoms. The van der Waals surface area contributed by atoms with Crippen molar-refractivity contribution < 1.29 is 23.9 Å². The molecule has 0 spiro atoms. The summed E-state index contributed by atoms with van der Waals surface area (Å²) in [6, 6.07) is 10.0. The molecule has 1 aromatic carbocycles. The molecule has 2 N–H and O–H groups in total. The van der Waals surface area contributed by atoms with Gasteiger partial charge in [-0.2, -0.15) is 0 Å². The molecule has 0 unspecified atom stereocenters. The number of hydrogen-bond acceptors (Lipinski definition) is 7. The van der Waals surface area contributed by atoms with Gasteiger partial charge in [-0.1, -0.05) is 18.2 Å². The largest absolute Gasteiger partial charge is 0.461 e. The summed E-state index contributed by atoms with van der Waals surface area (Å²) < 4.78 is 10.9. The van der Waals surface area contributed by atoms with Crippen LogP contribution in [0.4, 0.5) is 10.6 Å². The molecule has 206 valence electrons. The number of carbonyl (C=O) groups is 3. The van der Waals surface area contributed by atoms with E-state index in [2.05, 4.69) is 15.3 Å². The quantitative estimate of drug-likeness (QED) is 0.391. The van der Waals surface area contributed by atoms with E-state index in [0.717, 1.165) is 18.4 Å². The van der Waals surface area contributed by atoms with Crippen molar-refractivity contribution in [3.05, 3.63) is 65.2 Å². The average molecular weight is 534 g/mol. The number of nitrogens with zero attached hydrogens (tertiary/aromatic N) is 3. The van der Waals surface area contributed by atoms with Gasteiger partial charge in [-0.25, -0.2) is 19.6 Å². The second-order valence-electron chi connectivity index (χ2n) is 10.5. The fourth-order valence-electron chi connectivity index (χ4n) is 4.37. The maximum Gasteiger partial charge on any atom is 0.410 e. The fourth-order valence-corrected chi connectivity index (χ4v) is 4.37. The summed E-state index contributed by atoms with van der Waals surface area (Å²) in [5.41, 5.74) is 2.01. The van der Waals surface area contributed by atoms with E-state index in [1.54, 1.807) is 48.4 Å². The number of amides is 2. The van der Waals surface area contributed by atoms with Crippen LogP contribution in [-0.2, 0) is 9.47 Å². The minimum Gasteiger partial charge on any atom is -0.461 e. The first kappa shape index (κ1) is 27.8. The van der Waals surface area contributed by atoms with Crippen molar-refractivity contribution in [2.24, 2.45) is 0 Å². The summed E-state index contributed by atoms with van der Waals surface area (Å²) in [7, 11) is 0. The predicted octanol–water partition coefficient (Wildman–Crippen LogP) is 5.67. The highest BCUT2D eigenvalue weighted by Gasteiger charge is 2.34. The Bertz CT molecular complexity index is 1330. The number of likely N-dealkylation sites (tertiary alicyclic amines) is 1. The molecule has 0 aliphatic carbocycles. The third-order valence-corrected chi connectivity index (χ3v) is 6.22. The Hall–Kier alpha value is -4.21. The first-order valence-corrected chi connectivity index (χ1v) is 13.2. The van der Waals surface area contributed by atoms with E-state index < -0.39 is 17.7 Å². The van der Waals surface area contributed by atoms with Gasteiger partial charge >= 0.3 is 12.1 Å².